The maximum Gasteiger partial charge on any atom is 0.335 e. The lowest BCUT2D eigenvalue weighted by molar-refractivity contribution is -0.121. The molecular formula is C28H25N3O7S. The number of carbonyl (C=O) groups is 3. The zero-order valence-electron chi connectivity index (χ0n) is 21.0. The van der Waals surface area contributed by atoms with Gasteiger partial charge in [0.2, 0.25) is 18.6 Å². The van der Waals surface area contributed by atoms with Gasteiger partial charge < -0.3 is 24.6 Å². The second-order valence-corrected chi connectivity index (χ2v) is 9.81. The second-order valence-electron chi connectivity index (χ2n) is 8.62. The fourth-order valence-electron chi connectivity index (χ4n) is 4.09. The Kier molecular flexibility index (Phi) is 7.69. The van der Waals surface area contributed by atoms with Crippen molar-refractivity contribution in [2.75, 3.05) is 23.6 Å². The lowest BCUT2D eigenvalue weighted by Gasteiger charge is -2.16. The molecule has 11 heteroatoms. The molecule has 3 aromatic carbocycles. The number of imide groups is 1. The summed E-state index contributed by atoms with van der Waals surface area (Å²) in [4.78, 5) is 43.1. The van der Waals surface area contributed by atoms with E-state index in [0.29, 0.717) is 35.5 Å². The van der Waals surface area contributed by atoms with Crippen LogP contribution >= 0.6 is 11.8 Å². The molecule has 2 aliphatic heterocycles. The third kappa shape index (κ3) is 5.99. The Morgan fingerprint density at radius 2 is 1.82 bits per heavy atom. The van der Waals surface area contributed by atoms with Crippen LogP contribution in [-0.4, -0.2) is 46.7 Å². The standard InChI is InChI=1S/C28H25N3O7S/c1-2-36-21-10-6-19(7-11-21)30-28(29-15-17-3-12-22-23(13-17)38-16-37-22)39-24-14-25(32)31(26(24)33)20-8-4-18(5-9-20)27(34)35/h3-13,24H,2,14-16H2,1H3,(H,29,30)(H,34,35)/t24-/m0/s1. The van der Waals surface area contributed by atoms with Gasteiger partial charge in [-0.1, -0.05) is 17.8 Å². The van der Waals surface area contributed by atoms with Gasteiger partial charge in [-0.25, -0.2) is 9.69 Å². The predicted molar refractivity (Wildman–Crippen MR) is 147 cm³/mol. The summed E-state index contributed by atoms with van der Waals surface area (Å²) in [5, 5.41) is 12.2. The smallest absolute Gasteiger partial charge is 0.335 e. The van der Waals surface area contributed by atoms with Crippen LogP contribution in [0, 0.1) is 0 Å². The van der Waals surface area contributed by atoms with Crippen molar-refractivity contribution < 1.29 is 33.7 Å². The number of anilines is 2. The summed E-state index contributed by atoms with van der Waals surface area (Å²) in [7, 11) is 0. The zero-order valence-corrected chi connectivity index (χ0v) is 21.8. The van der Waals surface area contributed by atoms with Crippen molar-refractivity contribution in [3.63, 3.8) is 0 Å². The molecule has 3 aromatic rings. The number of fused-ring (bicyclic) bond motifs is 1. The van der Waals surface area contributed by atoms with Crippen molar-refractivity contribution in [1.82, 2.24) is 0 Å². The molecule has 5 rings (SSSR count). The highest BCUT2D eigenvalue weighted by molar-refractivity contribution is 8.15. The average Bonchev–Trinajstić information content (AvgIpc) is 3.51. The van der Waals surface area contributed by atoms with E-state index in [-0.39, 0.29) is 24.7 Å². The summed E-state index contributed by atoms with van der Waals surface area (Å²) in [5.41, 5.74) is 2.03. The van der Waals surface area contributed by atoms with E-state index in [0.717, 1.165) is 21.9 Å². The topological polar surface area (TPSA) is 127 Å². The van der Waals surface area contributed by atoms with Gasteiger partial charge >= 0.3 is 5.97 Å². The third-order valence-corrected chi connectivity index (χ3v) is 7.10. The monoisotopic (exact) mass is 547 g/mol. The number of amidine groups is 1. The molecule has 200 valence electrons. The van der Waals surface area contributed by atoms with Gasteiger partial charge in [0.1, 0.15) is 11.0 Å². The molecule has 1 saturated heterocycles. The van der Waals surface area contributed by atoms with E-state index in [9.17, 15) is 14.4 Å². The van der Waals surface area contributed by atoms with Crippen LogP contribution in [0.15, 0.2) is 71.7 Å². The summed E-state index contributed by atoms with van der Waals surface area (Å²) >= 11 is 1.17. The van der Waals surface area contributed by atoms with Crippen molar-refractivity contribution in [2.24, 2.45) is 4.99 Å². The van der Waals surface area contributed by atoms with E-state index in [1.54, 1.807) is 0 Å². The second kappa shape index (κ2) is 11.5. The van der Waals surface area contributed by atoms with Crippen molar-refractivity contribution in [1.29, 1.82) is 0 Å². The van der Waals surface area contributed by atoms with Crippen LogP contribution in [-0.2, 0) is 16.1 Å². The summed E-state index contributed by atoms with van der Waals surface area (Å²) in [5.74, 6) is 0.219. The van der Waals surface area contributed by atoms with E-state index < -0.39 is 17.1 Å². The van der Waals surface area contributed by atoms with Crippen LogP contribution in [0.1, 0.15) is 29.3 Å². The highest BCUT2D eigenvalue weighted by atomic mass is 32.2. The summed E-state index contributed by atoms with van der Waals surface area (Å²) in [6.07, 6.45) is -0.0157. The molecule has 0 spiro atoms. The molecule has 2 N–H and O–H groups in total. The number of carboxylic acids is 1. The van der Waals surface area contributed by atoms with Crippen LogP contribution in [0.2, 0.25) is 0 Å². The Bertz CT molecular complexity index is 1420. The molecule has 0 saturated carbocycles. The van der Waals surface area contributed by atoms with Crippen LogP contribution in [0.5, 0.6) is 17.2 Å². The van der Waals surface area contributed by atoms with Gasteiger partial charge in [-0.15, -0.1) is 0 Å². The number of benzene rings is 3. The minimum absolute atomic E-state index is 0.0157. The molecule has 0 aliphatic carbocycles. The van der Waals surface area contributed by atoms with Crippen LogP contribution < -0.4 is 24.4 Å². The first-order chi connectivity index (χ1) is 18.9. The Morgan fingerprint density at radius 3 is 2.54 bits per heavy atom. The number of thioether (sulfide) groups is 1. The Morgan fingerprint density at radius 1 is 1.08 bits per heavy atom. The number of amides is 2. The highest BCUT2D eigenvalue weighted by Crippen LogP contribution is 2.34. The number of carbonyl (C=O) groups excluding carboxylic acids is 2. The number of carboxylic acid groups (broad SMARTS) is 1. The zero-order chi connectivity index (χ0) is 27.4. The van der Waals surface area contributed by atoms with E-state index in [2.05, 4.69) is 5.32 Å². The maximum absolute atomic E-state index is 13.3. The number of nitrogens with one attached hydrogen (secondary N) is 1. The minimum Gasteiger partial charge on any atom is -0.494 e. The molecular weight excluding hydrogens is 522 g/mol. The SMILES string of the molecule is CCOc1ccc(NC(=NCc2ccc3c(c2)OCO3)S[C@H]2CC(=O)N(c3ccc(C(=O)O)cc3)C2=O)cc1. The third-order valence-electron chi connectivity index (χ3n) is 5.99. The predicted octanol–water partition coefficient (Wildman–Crippen LogP) is 4.55. The van der Waals surface area contributed by atoms with E-state index in [4.69, 9.17) is 24.3 Å². The molecule has 1 fully saturated rings. The number of nitrogens with zero attached hydrogens (tertiary/aromatic N) is 2. The van der Waals surface area contributed by atoms with Gasteiger partial charge in [-0.05, 0) is 73.2 Å². The summed E-state index contributed by atoms with van der Waals surface area (Å²) in [6, 6.07) is 18.6. The Balaban J connectivity index is 1.35. The Hall–Kier alpha value is -4.51. The number of aliphatic imine (C=N–C) groups is 1. The summed E-state index contributed by atoms with van der Waals surface area (Å²) in [6.45, 7) is 2.94. The van der Waals surface area contributed by atoms with Crippen molar-refractivity contribution in [3.8, 4) is 17.2 Å². The van der Waals surface area contributed by atoms with E-state index >= 15 is 0 Å². The number of rotatable bonds is 8. The average molecular weight is 548 g/mol. The first kappa shape index (κ1) is 26.1. The molecule has 2 amide bonds. The van der Waals surface area contributed by atoms with E-state index in [1.807, 2.05) is 49.4 Å². The molecule has 2 aliphatic rings. The number of aromatic carboxylic acids is 1. The quantitative estimate of drug-likeness (QED) is 0.237. The summed E-state index contributed by atoms with van der Waals surface area (Å²) < 4.78 is 16.3. The highest BCUT2D eigenvalue weighted by Gasteiger charge is 2.41. The lowest BCUT2D eigenvalue weighted by Crippen LogP contribution is -2.31. The van der Waals surface area contributed by atoms with Crippen LogP contribution in [0.25, 0.3) is 0 Å². The van der Waals surface area contributed by atoms with Crippen molar-refractivity contribution in [2.45, 2.75) is 25.1 Å². The lowest BCUT2D eigenvalue weighted by atomic mass is 10.2. The number of ether oxygens (including phenoxy) is 3. The van der Waals surface area contributed by atoms with Crippen LogP contribution in [0.3, 0.4) is 0 Å². The molecule has 0 radical (unpaired) electrons. The maximum atomic E-state index is 13.3. The fourth-order valence-corrected chi connectivity index (χ4v) is 5.11. The van der Waals surface area contributed by atoms with Gasteiger partial charge in [-0.2, -0.15) is 0 Å². The number of hydrogen-bond acceptors (Lipinski definition) is 8. The fraction of sp³-hybridized carbons (Fsp3) is 0.214. The first-order valence-electron chi connectivity index (χ1n) is 12.2. The molecule has 0 aromatic heterocycles. The molecule has 1 atom stereocenters. The van der Waals surface area contributed by atoms with Gasteiger partial charge in [0.25, 0.3) is 0 Å². The van der Waals surface area contributed by atoms with Gasteiger partial charge in [0, 0.05) is 12.1 Å². The van der Waals surface area contributed by atoms with Gasteiger partial charge in [0.15, 0.2) is 16.7 Å². The van der Waals surface area contributed by atoms with E-state index in [1.165, 1.54) is 36.0 Å². The molecule has 0 unspecified atom stereocenters. The molecule has 2 heterocycles. The number of hydrogen-bond donors (Lipinski definition) is 2. The van der Waals surface area contributed by atoms with Crippen LogP contribution in [0.4, 0.5) is 11.4 Å². The Labute approximate surface area is 228 Å². The molecule has 10 nitrogen and oxygen atoms in total. The normalized spacial score (nSPS) is 16.5. The van der Waals surface area contributed by atoms with Crippen molar-refractivity contribution >= 4 is 46.1 Å². The minimum atomic E-state index is -1.09. The molecule has 39 heavy (non-hydrogen) atoms. The molecule has 0 bridgehead atoms. The first-order valence-corrected chi connectivity index (χ1v) is 13.1. The largest absolute Gasteiger partial charge is 0.494 e. The van der Waals surface area contributed by atoms with Gasteiger partial charge in [-0.3, -0.25) is 14.6 Å². The van der Waals surface area contributed by atoms with Gasteiger partial charge in [0.05, 0.1) is 24.4 Å². The van der Waals surface area contributed by atoms with Crippen molar-refractivity contribution in [3.05, 3.63) is 77.9 Å².